The molecule has 152 valence electrons. The average molecular weight is 417 g/mol. The van der Waals surface area contributed by atoms with Gasteiger partial charge in [-0.2, -0.15) is 5.10 Å². The molecule has 4 aromatic rings. The molecule has 0 aliphatic carbocycles. The van der Waals surface area contributed by atoms with E-state index in [1.54, 1.807) is 6.08 Å². The van der Waals surface area contributed by atoms with Gasteiger partial charge in [-0.3, -0.25) is 14.8 Å². The van der Waals surface area contributed by atoms with Gasteiger partial charge in [0, 0.05) is 17.3 Å². The first-order chi connectivity index (χ1) is 14.4. The summed E-state index contributed by atoms with van der Waals surface area (Å²) in [6.45, 7) is 8.80. The minimum Gasteiger partial charge on any atom is -0.298 e. The molecule has 0 bridgehead atoms. The molecule has 1 amide bonds. The van der Waals surface area contributed by atoms with E-state index in [4.69, 9.17) is 0 Å². The van der Waals surface area contributed by atoms with Crippen LogP contribution < -0.4 is 5.32 Å². The van der Waals surface area contributed by atoms with E-state index in [9.17, 15) is 4.79 Å². The molecule has 30 heavy (non-hydrogen) atoms. The third kappa shape index (κ3) is 4.19. The summed E-state index contributed by atoms with van der Waals surface area (Å²) in [5, 5.41) is 8.13. The quantitative estimate of drug-likeness (QED) is 0.442. The Kier molecular flexibility index (Phi) is 5.50. The van der Waals surface area contributed by atoms with Crippen molar-refractivity contribution in [2.24, 2.45) is 0 Å². The Balaban J connectivity index is 1.48. The lowest BCUT2D eigenvalue weighted by molar-refractivity contribution is -0.111. The number of anilines is 1. The van der Waals surface area contributed by atoms with Gasteiger partial charge < -0.3 is 0 Å². The molecule has 1 N–H and O–H groups in total. The van der Waals surface area contributed by atoms with Crippen LogP contribution in [-0.2, 0) is 11.3 Å². The second-order valence-electron chi connectivity index (χ2n) is 7.49. The number of carbonyl (C=O) groups is 1. The number of hydrogen-bond acceptors (Lipinski definition) is 4. The van der Waals surface area contributed by atoms with Gasteiger partial charge in [-0.05, 0) is 51.0 Å². The molecule has 0 atom stereocenters. The van der Waals surface area contributed by atoms with Crippen molar-refractivity contribution >= 4 is 38.7 Å². The van der Waals surface area contributed by atoms with Crippen LogP contribution >= 0.6 is 11.3 Å². The third-order valence-electron chi connectivity index (χ3n) is 5.14. The van der Waals surface area contributed by atoms with E-state index in [-0.39, 0.29) is 5.91 Å². The highest BCUT2D eigenvalue weighted by Crippen LogP contribution is 2.28. The summed E-state index contributed by atoms with van der Waals surface area (Å²) >= 11 is 1.48. The van der Waals surface area contributed by atoms with E-state index >= 15 is 0 Å². The van der Waals surface area contributed by atoms with Crippen LogP contribution in [0, 0.1) is 27.7 Å². The third-order valence-corrected chi connectivity index (χ3v) is 6.08. The minimum atomic E-state index is -0.197. The van der Waals surface area contributed by atoms with Gasteiger partial charge in [-0.1, -0.05) is 53.3 Å². The molecule has 6 heteroatoms. The molecule has 0 radical (unpaired) electrons. The Morgan fingerprint density at radius 1 is 1.10 bits per heavy atom. The van der Waals surface area contributed by atoms with Crippen molar-refractivity contribution in [3.05, 3.63) is 82.2 Å². The van der Waals surface area contributed by atoms with E-state index in [1.165, 1.54) is 22.5 Å². The fraction of sp³-hybridized carbons (Fsp3) is 0.208. The lowest BCUT2D eigenvalue weighted by atomic mass is 10.1. The topological polar surface area (TPSA) is 59.8 Å². The Bertz CT molecular complexity index is 1250. The highest BCUT2D eigenvalue weighted by atomic mass is 32.1. The van der Waals surface area contributed by atoms with Crippen molar-refractivity contribution in [1.82, 2.24) is 14.8 Å². The number of carbonyl (C=O) groups excluding carboxylic acids is 1. The van der Waals surface area contributed by atoms with E-state index in [1.807, 2.05) is 49.7 Å². The maximum atomic E-state index is 12.4. The number of hydrogen-bond donors (Lipinski definition) is 1. The van der Waals surface area contributed by atoms with Crippen LogP contribution in [-0.4, -0.2) is 20.7 Å². The predicted octanol–water partition coefficient (Wildman–Crippen LogP) is 5.43. The zero-order valence-corrected chi connectivity index (χ0v) is 18.4. The van der Waals surface area contributed by atoms with Gasteiger partial charge in [0.05, 0.1) is 22.5 Å². The van der Waals surface area contributed by atoms with Crippen LogP contribution in [0.15, 0.2) is 48.5 Å². The summed E-state index contributed by atoms with van der Waals surface area (Å²) in [7, 11) is 0. The Hall–Kier alpha value is -3.25. The second kappa shape index (κ2) is 8.24. The van der Waals surface area contributed by atoms with Gasteiger partial charge in [-0.15, -0.1) is 0 Å². The number of aryl methyl sites for hydroxylation is 3. The number of thiazole rings is 1. The van der Waals surface area contributed by atoms with Crippen molar-refractivity contribution in [3.63, 3.8) is 0 Å². The van der Waals surface area contributed by atoms with Gasteiger partial charge >= 0.3 is 0 Å². The number of amides is 1. The number of aromatic nitrogens is 3. The number of nitrogens with one attached hydrogen (secondary N) is 1. The van der Waals surface area contributed by atoms with Crippen molar-refractivity contribution in [3.8, 4) is 0 Å². The summed E-state index contributed by atoms with van der Waals surface area (Å²) in [6, 6.07) is 14.5. The largest absolute Gasteiger partial charge is 0.298 e. The van der Waals surface area contributed by atoms with E-state index in [0.717, 1.165) is 32.7 Å². The highest BCUT2D eigenvalue weighted by molar-refractivity contribution is 7.22. The Morgan fingerprint density at radius 2 is 1.87 bits per heavy atom. The van der Waals surface area contributed by atoms with Crippen molar-refractivity contribution < 1.29 is 4.79 Å². The number of fused-ring (bicyclic) bond motifs is 1. The van der Waals surface area contributed by atoms with Crippen LogP contribution in [0.2, 0.25) is 0 Å². The zero-order chi connectivity index (χ0) is 21.3. The van der Waals surface area contributed by atoms with Gasteiger partial charge in [-0.25, -0.2) is 4.98 Å². The fourth-order valence-corrected chi connectivity index (χ4v) is 4.36. The Morgan fingerprint density at radius 3 is 2.60 bits per heavy atom. The van der Waals surface area contributed by atoms with Crippen molar-refractivity contribution in [2.75, 3.05) is 5.32 Å². The summed E-state index contributed by atoms with van der Waals surface area (Å²) in [4.78, 5) is 17.0. The molecule has 0 fully saturated rings. The summed E-state index contributed by atoms with van der Waals surface area (Å²) in [5.74, 6) is -0.197. The number of nitrogens with zero attached hydrogens (tertiary/aromatic N) is 3. The van der Waals surface area contributed by atoms with E-state index in [2.05, 4.69) is 46.6 Å². The minimum absolute atomic E-state index is 0.197. The van der Waals surface area contributed by atoms with E-state index in [0.29, 0.717) is 11.7 Å². The van der Waals surface area contributed by atoms with Gasteiger partial charge in [0.2, 0.25) is 5.91 Å². The lowest BCUT2D eigenvalue weighted by Crippen LogP contribution is -2.07. The molecular formula is C24H24N4OS. The van der Waals surface area contributed by atoms with Crippen LogP contribution in [0.5, 0.6) is 0 Å². The summed E-state index contributed by atoms with van der Waals surface area (Å²) in [5.41, 5.74) is 7.39. The molecule has 4 rings (SSSR count). The number of para-hydroxylation sites is 1. The molecule has 2 aromatic heterocycles. The normalized spacial score (nSPS) is 11.5. The predicted molar refractivity (Wildman–Crippen MR) is 124 cm³/mol. The number of rotatable bonds is 5. The smallest absolute Gasteiger partial charge is 0.250 e. The molecule has 0 spiro atoms. The maximum absolute atomic E-state index is 12.4. The van der Waals surface area contributed by atoms with Gasteiger partial charge in [0.15, 0.2) is 5.13 Å². The first-order valence-electron chi connectivity index (χ1n) is 9.85. The summed E-state index contributed by atoms with van der Waals surface area (Å²) in [6.07, 6.45) is 3.38. The summed E-state index contributed by atoms with van der Waals surface area (Å²) < 4.78 is 3.05. The Labute approximate surface area is 180 Å². The van der Waals surface area contributed by atoms with Gasteiger partial charge in [0.1, 0.15) is 0 Å². The average Bonchev–Trinajstić information content (AvgIpc) is 3.23. The molecule has 0 saturated heterocycles. The zero-order valence-electron chi connectivity index (χ0n) is 17.6. The lowest BCUT2D eigenvalue weighted by Gasteiger charge is -2.05. The second-order valence-corrected chi connectivity index (χ2v) is 8.52. The SMILES string of the molecule is Cc1ccc(Cn2nc(C)c(C=CC(=O)Nc3nc4c(C)cccc4s3)c2C)cc1. The fourth-order valence-electron chi connectivity index (χ4n) is 3.42. The number of benzene rings is 2. The first kappa shape index (κ1) is 20.0. The van der Waals surface area contributed by atoms with Gasteiger partial charge in [0.25, 0.3) is 0 Å². The molecule has 0 aliphatic heterocycles. The highest BCUT2D eigenvalue weighted by Gasteiger charge is 2.11. The van der Waals surface area contributed by atoms with Crippen molar-refractivity contribution in [1.29, 1.82) is 0 Å². The molecule has 0 aliphatic rings. The van der Waals surface area contributed by atoms with Crippen LogP contribution in [0.25, 0.3) is 16.3 Å². The maximum Gasteiger partial charge on any atom is 0.250 e. The molecular weight excluding hydrogens is 392 g/mol. The molecule has 2 aromatic carbocycles. The molecule has 0 unspecified atom stereocenters. The standard InChI is InChI=1S/C24H24N4OS/c1-15-8-10-19(11-9-15)14-28-18(4)20(17(3)27-28)12-13-22(29)25-24-26-23-16(2)6-5-7-21(23)30-24/h5-13H,14H2,1-4H3,(H,25,26,29). The van der Waals surface area contributed by atoms with Crippen molar-refractivity contribution in [2.45, 2.75) is 34.2 Å². The van der Waals surface area contributed by atoms with Crippen LogP contribution in [0.4, 0.5) is 5.13 Å². The molecule has 5 nitrogen and oxygen atoms in total. The molecule has 0 saturated carbocycles. The van der Waals surface area contributed by atoms with Crippen LogP contribution in [0.3, 0.4) is 0 Å². The first-order valence-corrected chi connectivity index (χ1v) is 10.7. The molecule has 2 heterocycles. The van der Waals surface area contributed by atoms with E-state index < -0.39 is 0 Å². The monoisotopic (exact) mass is 416 g/mol. The van der Waals surface area contributed by atoms with Crippen LogP contribution in [0.1, 0.15) is 33.6 Å².